The summed E-state index contributed by atoms with van der Waals surface area (Å²) >= 11 is 0. The van der Waals surface area contributed by atoms with E-state index in [1.54, 1.807) is 6.26 Å². The zero-order valence-electron chi connectivity index (χ0n) is 9.30. The molecule has 0 amide bonds. The molecule has 3 unspecified atom stereocenters. The third-order valence-electron chi connectivity index (χ3n) is 2.13. The summed E-state index contributed by atoms with van der Waals surface area (Å²) in [7, 11) is -0.645. The second kappa shape index (κ2) is 7.51. The molecular formula is C10H23NOS. The van der Waals surface area contributed by atoms with E-state index in [0.717, 1.165) is 12.2 Å². The van der Waals surface area contributed by atoms with E-state index in [2.05, 4.69) is 26.1 Å². The monoisotopic (exact) mass is 205 g/mol. The van der Waals surface area contributed by atoms with Crippen LogP contribution in [-0.2, 0) is 10.8 Å². The molecule has 0 saturated heterocycles. The summed E-state index contributed by atoms with van der Waals surface area (Å²) in [6.07, 6.45) is 5.22. The zero-order valence-corrected chi connectivity index (χ0v) is 10.1. The Balaban J connectivity index is 3.48. The number of hydrogen-bond acceptors (Lipinski definition) is 2. The molecule has 0 aliphatic carbocycles. The predicted molar refractivity (Wildman–Crippen MR) is 60.5 cm³/mol. The minimum absolute atomic E-state index is 0.491. The molecule has 0 bridgehead atoms. The summed E-state index contributed by atoms with van der Waals surface area (Å²) in [6.45, 7) is 6.58. The first-order valence-electron chi connectivity index (χ1n) is 5.12. The van der Waals surface area contributed by atoms with Crippen molar-refractivity contribution in [2.45, 2.75) is 52.1 Å². The fourth-order valence-corrected chi connectivity index (χ4v) is 2.11. The van der Waals surface area contributed by atoms with Gasteiger partial charge in [0.05, 0.1) is 0 Å². The van der Waals surface area contributed by atoms with Gasteiger partial charge in [0.25, 0.3) is 0 Å². The Hall–Kier alpha value is 0.110. The Bertz CT molecular complexity index is 150. The molecule has 0 aliphatic rings. The summed E-state index contributed by atoms with van der Waals surface area (Å²) in [5, 5.41) is 3.50. The molecule has 0 rings (SSSR count). The van der Waals surface area contributed by atoms with Crippen LogP contribution in [0.15, 0.2) is 0 Å². The maximum Gasteiger partial charge on any atom is 0.0246 e. The predicted octanol–water partition coefficient (Wildman–Crippen LogP) is 1.92. The van der Waals surface area contributed by atoms with Crippen LogP contribution in [0.3, 0.4) is 0 Å². The van der Waals surface area contributed by atoms with Crippen molar-refractivity contribution in [3.05, 3.63) is 0 Å². The number of hydrogen-bond donors (Lipinski definition) is 1. The summed E-state index contributed by atoms with van der Waals surface area (Å²) in [6, 6.07) is 1.08. The summed E-state index contributed by atoms with van der Waals surface area (Å²) in [5.41, 5.74) is 0. The second-order valence-electron chi connectivity index (χ2n) is 3.82. The van der Waals surface area contributed by atoms with Gasteiger partial charge in [0.2, 0.25) is 0 Å². The summed E-state index contributed by atoms with van der Waals surface area (Å²) < 4.78 is 10.8. The van der Waals surface area contributed by atoms with E-state index in [1.165, 1.54) is 12.8 Å². The first-order chi connectivity index (χ1) is 6.06. The Labute approximate surface area is 84.9 Å². The van der Waals surface area contributed by atoms with Gasteiger partial charge in [-0.2, -0.15) is 0 Å². The van der Waals surface area contributed by atoms with Gasteiger partial charge in [-0.25, -0.2) is 0 Å². The maximum atomic E-state index is 10.8. The normalized spacial score (nSPS) is 18.2. The summed E-state index contributed by atoms with van der Waals surface area (Å²) in [4.78, 5) is 0. The molecule has 0 aromatic carbocycles. The molecule has 0 aromatic heterocycles. The van der Waals surface area contributed by atoms with Crippen LogP contribution in [0.1, 0.15) is 40.0 Å². The lowest BCUT2D eigenvalue weighted by Crippen LogP contribution is -2.35. The van der Waals surface area contributed by atoms with Gasteiger partial charge < -0.3 is 5.32 Å². The van der Waals surface area contributed by atoms with Gasteiger partial charge in [0, 0.05) is 34.9 Å². The van der Waals surface area contributed by atoms with E-state index in [-0.39, 0.29) is 0 Å². The highest BCUT2D eigenvalue weighted by atomic mass is 32.2. The fraction of sp³-hybridized carbons (Fsp3) is 1.00. The van der Waals surface area contributed by atoms with Gasteiger partial charge in [0.1, 0.15) is 0 Å². The fourth-order valence-electron chi connectivity index (χ4n) is 1.43. The Morgan fingerprint density at radius 1 is 1.23 bits per heavy atom. The van der Waals surface area contributed by atoms with Crippen molar-refractivity contribution in [2.24, 2.45) is 0 Å². The van der Waals surface area contributed by atoms with Gasteiger partial charge >= 0.3 is 0 Å². The molecule has 0 saturated carbocycles. The molecule has 0 aromatic rings. The van der Waals surface area contributed by atoms with E-state index in [0.29, 0.717) is 12.1 Å². The van der Waals surface area contributed by atoms with Crippen LogP contribution in [0.4, 0.5) is 0 Å². The van der Waals surface area contributed by atoms with Crippen molar-refractivity contribution in [3.63, 3.8) is 0 Å². The van der Waals surface area contributed by atoms with Crippen LogP contribution in [0.2, 0.25) is 0 Å². The lowest BCUT2D eigenvalue weighted by atomic mass is 10.1. The van der Waals surface area contributed by atoms with Crippen molar-refractivity contribution < 1.29 is 4.21 Å². The van der Waals surface area contributed by atoms with Gasteiger partial charge in [-0.1, -0.05) is 13.3 Å². The Morgan fingerprint density at radius 2 is 1.77 bits per heavy atom. The van der Waals surface area contributed by atoms with E-state index in [9.17, 15) is 4.21 Å². The van der Waals surface area contributed by atoms with Crippen LogP contribution in [0, 0.1) is 0 Å². The molecule has 0 radical (unpaired) electrons. The van der Waals surface area contributed by atoms with Gasteiger partial charge in [-0.15, -0.1) is 0 Å². The van der Waals surface area contributed by atoms with Crippen LogP contribution < -0.4 is 5.32 Å². The molecule has 0 aliphatic heterocycles. The van der Waals surface area contributed by atoms with Crippen LogP contribution >= 0.6 is 0 Å². The molecule has 3 atom stereocenters. The molecule has 13 heavy (non-hydrogen) atoms. The van der Waals surface area contributed by atoms with Crippen molar-refractivity contribution in [1.29, 1.82) is 0 Å². The topological polar surface area (TPSA) is 29.1 Å². The largest absolute Gasteiger partial charge is 0.312 e. The number of nitrogens with one attached hydrogen (secondary N) is 1. The molecule has 2 nitrogen and oxygen atoms in total. The van der Waals surface area contributed by atoms with Crippen LogP contribution in [0.5, 0.6) is 0 Å². The highest BCUT2D eigenvalue weighted by Gasteiger charge is 2.06. The van der Waals surface area contributed by atoms with E-state index in [1.807, 2.05) is 0 Å². The number of rotatable bonds is 7. The third kappa shape index (κ3) is 8.44. The zero-order chi connectivity index (χ0) is 10.3. The molecule has 0 heterocycles. The molecule has 3 heteroatoms. The van der Waals surface area contributed by atoms with Crippen LogP contribution in [0.25, 0.3) is 0 Å². The quantitative estimate of drug-likeness (QED) is 0.688. The Kier molecular flexibility index (Phi) is 7.57. The van der Waals surface area contributed by atoms with Gasteiger partial charge in [-0.3, -0.25) is 4.21 Å². The average Bonchev–Trinajstić information content (AvgIpc) is 2.01. The minimum Gasteiger partial charge on any atom is -0.312 e. The van der Waals surface area contributed by atoms with Gasteiger partial charge in [-0.05, 0) is 26.7 Å². The van der Waals surface area contributed by atoms with Crippen molar-refractivity contribution in [1.82, 2.24) is 5.32 Å². The van der Waals surface area contributed by atoms with Gasteiger partial charge in [0.15, 0.2) is 0 Å². The van der Waals surface area contributed by atoms with E-state index < -0.39 is 10.8 Å². The highest BCUT2D eigenvalue weighted by Crippen LogP contribution is 1.99. The average molecular weight is 205 g/mol. The standard InChI is InChI=1S/C10H23NOS/c1-5-6-9(2)11-10(3)7-8-13(4)12/h9-11H,5-8H2,1-4H3. The molecule has 0 spiro atoms. The molecule has 1 N–H and O–H groups in total. The van der Waals surface area contributed by atoms with Crippen LogP contribution in [-0.4, -0.2) is 28.3 Å². The first kappa shape index (κ1) is 13.1. The van der Waals surface area contributed by atoms with Crippen molar-refractivity contribution in [2.75, 3.05) is 12.0 Å². The maximum absolute atomic E-state index is 10.8. The SMILES string of the molecule is CCCC(C)NC(C)CCS(C)=O. The minimum atomic E-state index is -0.645. The van der Waals surface area contributed by atoms with E-state index >= 15 is 0 Å². The molecule has 80 valence electrons. The third-order valence-corrected chi connectivity index (χ3v) is 2.94. The lowest BCUT2D eigenvalue weighted by Gasteiger charge is -2.18. The second-order valence-corrected chi connectivity index (χ2v) is 5.38. The Morgan fingerprint density at radius 3 is 2.23 bits per heavy atom. The smallest absolute Gasteiger partial charge is 0.0246 e. The molecule has 0 fully saturated rings. The molecular weight excluding hydrogens is 182 g/mol. The summed E-state index contributed by atoms with van der Waals surface area (Å²) in [5.74, 6) is 0.813. The van der Waals surface area contributed by atoms with Crippen molar-refractivity contribution in [3.8, 4) is 0 Å². The van der Waals surface area contributed by atoms with Crippen molar-refractivity contribution >= 4 is 10.8 Å². The first-order valence-corrected chi connectivity index (χ1v) is 6.85. The highest BCUT2D eigenvalue weighted by molar-refractivity contribution is 7.84. The lowest BCUT2D eigenvalue weighted by molar-refractivity contribution is 0.436. The van der Waals surface area contributed by atoms with E-state index in [4.69, 9.17) is 0 Å².